The second kappa shape index (κ2) is 7.61. The first-order chi connectivity index (χ1) is 11.6. The lowest BCUT2D eigenvalue weighted by atomic mass is 10.1. The van der Waals surface area contributed by atoms with Gasteiger partial charge in [0.05, 0.1) is 13.0 Å². The molecule has 6 nitrogen and oxygen atoms in total. The molecule has 0 radical (unpaired) electrons. The van der Waals surface area contributed by atoms with Crippen molar-refractivity contribution >= 4 is 23.1 Å². The Hall–Kier alpha value is -2.15. The Kier molecular flexibility index (Phi) is 5.30. The number of piperidine rings is 1. The number of nitrogens with zero attached hydrogens (tertiary/aromatic N) is 4. The number of carbonyl (C=O) groups is 1. The maximum atomic E-state index is 12.5. The summed E-state index contributed by atoms with van der Waals surface area (Å²) >= 11 is 1.62. The minimum atomic E-state index is -0.0411. The molecule has 0 spiro atoms. The number of thiophene rings is 1. The van der Waals surface area contributed by atoms with Crippen LogP contribution in [-0.4, -0.2) is 54.1 Å². The van der Waals surface area contributed by atoms with E-state index < -0.39 is 0 Å². The van der Waals surface area contributed by atoms with E-state index in [0.29, 0.717) is 24.7 Å². The fraction of sp³-hybridized carbons (Fsp3) is 0.471. The molecule has 3 rings (SSSR count). The van der Waals surface area contributed by atoms with Crippen molar-refractivity contribution in [3.05, 3.63) is 34.8 Å². The molecule has 0 aliphatic carbocycles. The average molecular weight is 346 g/mol. The van der Waals surface area contributed by atoms with Crippen LogP contribution in [0.1, 0.15) is 18.4 Å². The van der Waals surface area contributed by atoms with Gasteiger partial charge in [0, 0.05) is 33.0 Å². The Balaban J connectivity index is 1.62. The molecule has 0 unspecified atom stereocenters. The van der Waals surface area contributed by atoms with E-state index in [4.69, 9.17) is 4.74 Å². The van der Waals surface area contributed by atoms with E-state index in [1.54, 1.807) is 23.7 Å². The molecule has 3 heterocycles. The van der Waals surface area contributed by atoms with Crippen LogP contribution in [0, 0.1) is 0 Å². The second-order valence-electron chi connectivity index (χ2n) is 6.11. The van der Waals surface area contributed by atoms with Gasteiger partial charge >= 0.3 is 0 Å². The van der Waals surface area contributed by atoms with Gasteiger partial charge in [0.1, 0.15) is 6.10 Å². The van der Waals surface area contributed by atoms with Gasteiger partial charge in [-0.3, -0.25) is 4.79 Å². The summed E-state index contributed by atoms with van der Waals surface area (Å²) in [5.74, 6) is 1.40. The fourth-order valence-corrected chi connectivity index (χ4v) is 3.47. The molecular formula is C17H22N4O2S. The largest absolute Gasteiger partial charge is 0.470 e. The van der Waals surface area contributed by atoms with Crippen LogP contribution in [0.15, 0.2) is 29.2 Å². The van der Waals surface area contributed by atoms with E-state index in [2.05, 4.69) is 9.97 Å². The molecule has 1 saturated heterocycles. The highest BCUT2D eigenvalue weighted by Crippen LogP contribution is 2.24. The third-order valence-corrected chi connectivity index (χ3v) is 4.75. The molecule has 1 aliphatic rings. The maximum absolute atomic E-state index is 12.5. The molecule has 1 atom stereocenters. The van der Waals surface area contributed by atoms with Crippen LogP contribution in [0.25, 0.3) is 0 Å². The number of aromatic nitrogens is 2. The molecule has 128 valence electrons. The van der Waals surface area contributed by atoms with Gasteiger partial charge in [-0.2, -0.15) is 11.3 Å². The summed E-state index contributed by atoms with van der Waals surface area (Å²) in [5.41, 5.74) is 1.08. The SMILES string of the molecule is CN(C)c1nccnc1O[C@H]1CCCN(C(=O)Cc2ccsc2)C1. The second-order valence-corrected chi connectivity index (χ2v) is 6.89. The van der Waals surface area contributed by atoms with Gasteiger partial charge in [0.15, 0.2) is 5.82 Å². The molecule has 0 N–H and O–H groups in total. The first kappa shape index (κ1) is 16.7. The van der Waals surface area contributed by atoms with Crippen molar-refractivity contribution in [3.8, 4) is 5.88 Å². The summed E-state index contributed by atoms with van der Waals surface area (Å²) in [5, 5.41) is 4.03. The molecule has 1 aliphatic heterocycles. The van der Waals surface area contributed by atoms with Gasteiger partial charge in [-0.25, -0.2) is 9.97 Å². The normalized spacial score (nSPS) is 17.6. The summed E-state index contributed by atoms with van der Waals surface area (Å²) in [6.07, 6.45) is 5.57. The molecule has 0 bridgehead atoms. The Morgan fingerprint density at radius 3 is 3.00 bits per heavy atom. The third kappa shape index (κ3) is 4.03. The van der Waals surface area contributed by atoms with Gasteiger partial charge in [0.2, 0.25) is 5.91 Å². The van der Waals surface area contributed by atoms with E-state index in [0.717, 1.165) is 24.9 Å². The van der Waals surface area contributed by atoms with Crippen LogP contribution in [0.3, 0.4) is 0 Å². The van der Waals surface area contributed by atoms with Gasteiger partial charge < -0.3 is 14.5 Å². The number of carbonyl (C=O) groups excluding carboxylic acids is 1. The number of likely N-dealkylation sites (tertiary alicyclic amines) is 1. The standard InChI is InChI=1S/C17H22N4O2S/c1-20(2)16-17(19-7-6-18-16)23-14-4-3-8-21(11-14)15(22)10-13-5-9-24-12-13/h5-7,9,12,14H,3-4,8,10-11H2,1-2H3/t14-/m0/s1. The Bertz CT molecular complexity index is 675. The first-order valence-electron chi connectivity index (χ1n) is 8.07. The van der Waals surface area contributed by atoms with Crippen LogP contribution in [0.5, 0.6) is 5.88 Å². The average Bonchev–Trinajstić information content (AvgIpc) is 3.08. The quantitative estimate of drug-likeness (QED) is 0.831. The van der Waals surface area contributed by atoms with Gasteiger partial charge in [-0.05, 0) is 35.2 Å². The predicted molar refractivity (Wildman–Crippen MR) is 94.6 cm³/mol. The lowest BCUT2D eigenvalue weighted by Crippen LogP contribution is -2.45. The van der Waals surface area contributed by atoms with E-state index in [1.807, 2.05) is 40.7 Å². The van der Waals surface area contributed by atoms with Gasteiger partial charge in [-0.15, -0.1) is 0 Å². The Labute approximate surface area is 146 Å². The van der Waals surface area contributed by atoms with Crippen LogP contribution in [0.2, 0.25) is 0 Å². The summed E-state index contributed by atoms with van der Waals surface area (Å²) in [7, 11) is 3.82. The van der Waals surface area contributed by atoms with Crippen LogP contribution < -0.4 is 9.64 Å². The molecule has 24 heavy (non-hydrogen) atoms. The van der Waals surface area contributed by atoms with Crippen LogP contribution in [-0.2, 0) is 11.2 Å². The predicted octanol–water partition coefficient (Wildman–Crippen LogP) is 2.22. The maximum Gasteiger partial charge on any atom is 0.257 e. The zero-order valence-electron chi connectivity index (χ0n) is 14.0. The van der Waals surface area contributed by atoms with Crippen molar-refractivity contribution in [2.75, 3.05) is 32.1 Å². The lowest BCUT2D eigenvalue weighted by Gasteiger charge is -2.33. The highest BCUT2D eigenvalue weighted by Gasteiger charge is 2.26. The van der Waals surface area contributed by atoms with E-state index in [9.17, 15) is 4.79 Å². The van der Waals surface area contributed by atoms with Gasteiger partial charge in [-0.1, -0.05) is 0 Å². The molecular weight excluding hydrogens is 324 g/mol. The number of anilines is 1. The molecule has 0 saturated carbocycles. The van der Waals surface area contributed by atoms with E-state index in [1.165, 1.54) is 0 Å². The van der Waals surface area contributed by atoms with Crippen molar-refractivity contribution in [3.63, 3.8) is 0 Å². The number of hydrogen-bond acceptors (Lipinski definition) is 6. The number of amides is 1. The molecule has 1 amide bonds. The topological polar surface area (TPSA) is 58.6 Å². The number of ether oxygens (including phenoxy) is 1. The lowest BCUT2D eigenvalue weighted by molar-refractivity contribution is -0.133. The van der Waals surface area contributed by atoms with E-state index in [-0.39, 0.29) is 12.0 Å². The van der Waals surface area contributed by atoms with Crippen LogP contribution in [0.4, 0.5) is 5.82 Å². The van der Waals surface area contributed by atoms with Gasteiger partial charge in [0.25, 0.3) is 5.88 Å². The summed E-state index contributed by atoms with van der Waals surface area (Å²) < 4.78 is 6.06. The minimum absolute atomic E-state index is 0.0411. The van der Waals surface area contributed by atoms with Crippen LogP contribution >= 0.6 is 11.3 Å². The smallest absolute Gasteiger partial charge is 0.257 e. The monoisotopic (exact) mass is 346 g/mol. The van der Waals surface area contributed by atoms with Crippen molar-refractivity contribution in [2.24, 2.45) is 0 Å². The zero-order chi connectivity index (χ0) is 16.9. The highest BCUT2D eigenvalue weighted by molar-refractivity contribution is 7.08. The minimum Gasteiger partial charge on any atom is -0.470 e. The summed E-state index contributed by atoms with van der Waals surface area (Å²) in [6, 6.07) is 2.00. The molecule has 1 fully saturated rings. The molecule has 2 aromatic rings. The molecule has 7 heteroatoms. The highest BCUT2D eigenvalue weighted by atomic mass is 32.1. The summed E-state index contributed by atoms with van der Waals surface area (Å²) in [4.78, 5) is 24.9. The first-order valence-corrected chi connectivity index (χ1v) is 9.01. The van der Waals surface area contributed by atoms with Crippen molar-refractivity contribution in [2.45, 2.75) is 25.4 Å². The third-order valence-electron chi connectivity index (χ3n) is 4.01. The van der Waals surface area contributed by atoms with E-state index >= 15 is 0 Å². The van der Waals surface area contributed by atoms with Crippen molar-refractivity contribution < 1.29 is 9.53 Å². The fourth-order valence-electron chi connectivity index (χ4n) is 2.81. The zero-order valence-corrected chi connectivity index (χ0v) is 14.8. The van der Waals surface area contributed by atoms with Crippen molar-refractivity contribution in [1.29, 1.82) is 0 Å². The Morgan fingerprint density at radius 1 is 1.42 bits per heavy atom. The summed E-state index contributed by atoms with van der Waals surface area (Å²) in [6.45, 7) is 1.40. The number of hydrogen-bond donors (Lipinski definition) is 0. The number of rotatable bonds is 5. The molecule has 0 aromatic carbocycles. The Morgan fingerprint density at radius 2 is 2.25 bits per heavy atom. The molecule has 2 aromatic heterocycles. The van der Waals surface area contributed by atoms with Crippen molar-refractivity contribution in [1.82, 2.24) is 14.9 Å².